The Kier molecular flexibility index (Phi) is 8.25. The predicted molar refractivity (Wildman–Crippen MR) is 161 cm³/mol. The van der Waals surface area contributed by atoms with E-state index in [0.29, 0.717) is 16.2 Å². The number of hydrogen-bond donors (Lipinski definition) is 0. The van der Waals surface area contributed by atoms with Gasteiger partial charge in [0.15, 0.2) is 0 Å². The van der Waals surface area contributed by atoms with Gasteiger partial charge < -0.3 is 0 Å². The van der Waals surface area contributed by atoms with E-state index < -0.39 is 7.92 Å². The number of hydrogen-bond acceptors (Lipinski definition) is 0. The lowest BCUT2D eigenvalue weighted by Gasteiger charge is -2.48. The quantitative estimate of drug-likeness (QED) is 0.296. The Labute approximate surface area is 217 Å². The van der Waals surface area contributed by atoms with E-state index in [9.17, 15) is 0 Å². The average molecular weight is 503 g/mol. The maximum atomic E-state index is 2.60. The molecule has 0 heterocycles. The van der Waals surface area contributed by atoms with Crippen molar-refractivity contribution in [2.24, 2.45) is 5.92 Å². The zero-order valence-corrected chi connectivity index (χ0v) is 24.6. The van der Waals surface area contributed by atoms with E-state index in [-0.39, 0.29) is 7.92 Å². The molecule has 1 aliphatic carbocycles. The smallest absolute Gasteiger partial charge is 0.0116 e. The molecule has 0 aliphatic heterocycles. The van der Waals surface area contributed by atoms with Gasteiger partial charge in [0.1, 0.15) is 0 Å². The highest BCUT2D eigenvalue weighted by Crippen LogP contribution is 2.66. The molecule has 0 aromatic heterocycles. The Bertz CT molecular complexity index is 1020. The molecule has 3 aromatic rings. The first-order valence-corrected chi connectivity index (χ1v) is 16.1. The fourth-order valence-corrected chi connectivity index (χ4v) is 14.7. The average Bonchev–Trinajstić information content (AvgIpc) is 3.29. The Balaban J connectivity index is 1.79. The van der Waals surface area contributed by atoms with Gasteiger partial charge in [0, 0.05) is 0 Å². The van der Waals surface area contributed by atoms with E-state index in [0.717, 1.165) is 11.6 Å². The Hall–Kier alpha value is -1.48. The largest absolute Gasteiger partial charge is 0.0924 e. The highest BCUT2D eigenvalue weighted by Gasteiger charge is 2.44. The van der Waals surface area contributed by atoms with Crippen LogP contribution in [-0.4, -0.2) is 16.0 Å². The molecule has 0 spiro atoms. The first-order chi connectivity index (χ1) is 16.6. The van der Waals surface area contributed by atoms with Crippen LogP contribution in [0.15, 0.2) is 84.9 Å². The molecule has 3 atom stereocenters. The van der Waals surface area contributed by atoms with Crippen molar-refractivity contribution in [3.63, 3.8) is 0 Å². The minimum atomic E-state index is -0.576. The summed E-state index contributed by atoms with van der Waals surface area (Å²) in [6.45, 7) is 17.5. The van der Waals surface area contributed by atoms with Crippen molar-refractivity contribution in [3.05, 3.63) is 90.5 Å². The van der Waals surface area contributed by atoms with Crippen LogP contribution >= 0.6 is 15.8 Å². The topological polar surface area (TPSA) is 0 Å². The minimum Gasteiger partial charge on any atom is -0.0924 e. The van der Waals surface area contributed by atoms with Gasteiger partial charge in [0.05, 0.1) is 0 Å². The van der Waals surface area contributed by atoms with Crippen LogP contribution in [0.3, 0.4) is 0 Å². The van der Waals surface area contributed by atoms with Crippen LogP contribution < -0.4 is 15.9 Å². The van der Waals surface area contributed by atoms with Crippen LogP contribution in [0.5, 0.6) is 0 Å². The number of benzene rings is 3. The van der Waals surface area contributed by atoms with E-state index in [2.05, 4.69) is 133 Å². The molecule has 3 aromatic carbocycles. The third kappa shape index (κ3) is 5.92. The molecular formula is C33H44P2. The van der Waals surface area contributed by atoms with Crippen molar-refractivity contribution in [2.45, 2.75) is 89.6 Å². The summed E-state index contributed by atoms with van der Waals surface area (Å²) in [5.74, 6) is 1.43. The lowest BCUT2D eigenvalue weighted by Crippen LogP contribution is -2.35. The van der Waals surface area contributed by atoms with Crippen LogP contribution in [0.25, 0.3) is 0 Å². The summed E-state index contributed by atoms with van der Waals surface area (Å²) in [5.41, 5.74) is 2.38. The van der Waals surface area contributed by atoms with Gasteiger partial charge in [-0.25, -0.2) is 0 Å². The first kappa shape index (κ1) is 26.6. The van der Waals surface area contributed by atoms with Gasteiger partial charge in [-0.1, -0.05) is 148 Å². The van der Waals surface area contributed by atoms with E-state index in [1.165, 1.54) is 29.9 Å². The van der Waals surface area contributed by atoms with Crippen molar-refractivity contribution >= 4 is 31.8 Å². The van der Waals surface area contributed by atoms with Crippen LogP contribution in [0, 0.1) is 5.92 Å². The lowest BCUT2D eigenvalue weighted by molar-refractivity contribution is 0.467. The number of rotatable bonds is 6. The Morgan fingerprint density at radius 3 is 1.66 bits per heavy atom. The van der Waals surface area contributed by atoms with Crippen LogP contribution in [-0.2, 0) is 0 Å². The summed E-state index contributed by atoms with van der Waals surface area (Å²) < 4.78 is 0. The molecule has 0 saturated heterocycles. The van der Waals surface area contributed by atoms with E-state index in [1.54, 1.807) is 10.9 Å². The fraction of sp³-hybridized carbons (Fsp3) is 0.455. The van der Waals surface area contributed by atoms with E-state index in [1.807, 2.05) is 0 Å². The van der Waals surface area contributed by atoms with Gasteiger partial charge in [-0.3, -0.25) is 0 Å². The van der Waals surface area contributed by atoms with Crippen molar-refractivity contribution in [2.75, 3.05) is 0 Å². The normalized spacial score (nSPS) is 19.9. The summed E-state index contributed by atoms with van der Waals surface area (Å²) in [4.78, 5) is 0. The van der Waals surface area contributed by atoms with Crippen LogP contribution in [0.2, 0.25) is 0 Å². The maximum Gasteiger partial charge on any atom is -0.0116 e. The van der Waals surface area contributed by atoms with Crippen molar-refractivity contribution < 1.29 is 0 Å². The monoisotopic (exact) mass is 502 g/mol. The summed E-state index contributed by atoms with van der Waals surface area (Å²) in [5, 5.41) is 5.20. The molecule has 2 heteroatoms. The van der Waals surface area contributed by atoms with Crippen molar-refractivity contribution in [1.82, 2.24) is 0 Å². The Morgan fingerprint density at radius 2 is 1.14 bits per heavy atom. The molecule has 4 rings (SSSR count). The highest BCUT2D eigenvalue weighted by atomic mass is 31.1. The summed E-state index contributed by atoms with van der Waals surface area (Å²) in [6.07, 6.45) is 4.07. The summed E-state index contributed by atoms with van der Waals surface area (Å²) in [6, 6.07) is 31.9. The van der Waals surface area contributed by atoms with Crippen molar-refractivity contribution in [3.8, 4) is 0 Å². The molecule has 0 N–H and O–H groups in total. The van der Waals surface area contributed by atoms with Gasteiger partial charge in [-0.15, -0.1) is 0 Å². The molecule has 1 aliphatic rings. The second kappa shape index (κ2) is 10.9. The van der Waals surface area contributed by atoms with Gasteiger partial charge in [0.2, 0.25) is 0 Å². The van der Waals surface area contributed by atoms with E-state index in [4.69, 9.17) is 0 Å². The minimum absolute atomic E-state index is 0.139. The molecule has 2 unspecified atom stereocenters. The highest BCUT2D eigenvalue weighted by molar-refractivity contribution is 7.79. The predicted octanol–water partition coefficient (Wildman–Crippen LogP) is 8.80. The summed E-state index contributed by atoms with van der Waals surface area (Å²) in [7, 11) is -0.716. The summed E-state index contributed by atoms with van der Waals surface area (Å²) >= 11 is 0. The molecular weight excluding hydrogens is 458 g/mol. The second-order valence-electron chi connectivity index (χ2n) is 12.2. The Morgan fingerprint density at radius 1 is 0.657 bits per heavy atom. The van der Waals surface area contributed by atoms with Gasteiger partial charge in [-0.05, 0) is 70.0 Å². The first-order valence-electron chi connectivity index (χ1n) is 13.4. The van der Waals surface area contributed by atoms with Gasteiger partial charge >= 0.3 is 0 Å². The van der Waals surface area contributed by atoms with Crippen molar-refractivity contribution in [1.29, 1.82) is 0 Å². The fourth-order valence-electron chi connectivity index (χ4n) is 6.96. The molecule has 35 heavy (non-hydrogen) atoms. The molecule has 0 radical (unpaired) electrons. The second-order valence-corrected chi connectivity index (χ2v) is 18.6. The zero-order chi connectivity index (χ0) is 25.2. The van der Waals surface area contributed by atoms with Crippen LogP contribution in [0.1, 0.15) is 79.2 Å². The maximum absolute atomic E-state index is 2.60. The molecule has 0 bridgehead atoms. The van der Waals surface area contributed by atoms with Gasteiger partial charge in [-0.2, -0.15) is 0 Å². The molecule has 1 fully saturated rings. The molecule has 1 saturated carbocycles. The molecule has 186 valence electrons. The lowest BCUT2D eigenvalue weighted by atomic mass is 9.87. The third-order valence-corrected chi connectivity index (χ3v) is 14.3. The zero-order valence-electron chi connectivity index (χ0n) is 22.8. The third-order valence-electron chi connectivity index (χ3n) is 7.65. The van der Waals surface area contributed by atoms with Crippen LogP contribution in [0.4, 0.5) is 0 Å². The molecule has 0 amide bonds. The SMILES string of the molecule is C[C@@H](C1CCCC1c1ccccc1P(c1ccccc1)c1ccccc1)P(C(C)(C)C)C(C)(C)C. The molecule has 0 nitrogen and oxygen atoms in total. The van der Waals surface area contributed by atoms with E-state index >= 15 is 0 Å². The standard InChI is InChI=1S/C33H44P2/c1-25(35(32(2,3)4)33(5,6)7)28-22-16-23-29(28)30-21-14-15-24-31(30)34(26-17-10-8-11-18-26)27-19-12-9-13-20-27/h8-15,17-21,24-25,28-29H,16,22-23H2,1-7H3/t25-,28?,29?/m0/s1. The van der Waals surface area contributed by atoms with Gasteiger partial charge in [0.25, 0.3) is 0 Å².